The number of halogens is 1. The summed E-state index contributed by atoms with van der Waals surface area (Å²) in [4.78, 5) is 21.3. The normalized spacial score (nSPS) is 12.1. The molecule has 202 valence electrons. The number of hydrogen-bond donors (Lipinski definition) is 2. The quantitative estimate of drug-likeness (QED) is 0.167. The van der Waals surface area contributed by atoms with Crippen LogP contribution in [0.1, 0.15) is 35.7 Å². The van der Waals surface area contributed by atoms with Crippen molar-refractivity contribution < 1.29 is 9.53 Å². The van der Waals surface area contributed by atoms with Crippen molar-refractivity contribution in [2.24, 2.45) is 0 Å². The minimum atomic E-state index is -0.0341. The largest absolute Gasteiger partial charge is 0.476 e. The van der Waals surface area contributed by atoms with E-state index in [-0.39, 0.29) is 5.91 Å². The number of rotatable bonds is 11. The summed E-state index contributed by atoms with van der Waals surface area (Å²) >= 11 is 6.96. The lowest BCUT2D eigenvalue weighted by Gasteiger charge is -2.16. The minimum Gasteiger partial charge on any atom is -0.476 e. The van der Waals surface area contributed by atoms with Crippen molar-refractivity contribution in [2.75, 3.05) is 33.8 Å². The molecular formula is C32H35ClN4O2. The van der Waals surface area contributed by atoms with Crippen molar-refractivity contribution in [3.05, 3.63) is 106 Å². The Kier molecular flexibility index (Phi) is 9.58. The number of nitrogens with one attached hydrogen (secondary N) is 2. The predicted octanol–water partition coefficient (Wildman–Crippen LogP) is 6.51. The predicted molar refractivity (Wildman–Crippen MR) is 161 cm³/mol. The van der Waals surface area contributed by atoms with Gasteiger partial charge in [0.25, 0.3) is 0 Å². The number of likely N-dealkylation sites (N-methyl/N-ethyl adjacent to an activating group) is 1. The van der Waals surface area contributed by atoms with Crippen molar-refractivity contribution in [1.29, 1.82) is 0 Å². The molecular weight excluding hydrogens is 508 g/mol. The van der Waals surface area contributed by atoms with Gasteiger partial charge in [-0.2, -0.15) is 0 Å². The number of allylic oxidation sites excluding steroid dienone is 1. The molecule has 1 amide bonds. The number of benzene rings is 2. The van der Waals surface area contributed by atoms with E-state index in [1.807, 2.05) is 42.6 Å². The van der Waals surface area contributed by atoms with Crippen LogP contribution < -0.4 is 10.1 Å². The molecule has 39 heavy (non-hydrogen) atoms. The number of nitrogens with zero attached hydrogens (tertiary/aromatic N) is 2. The number of carbonyl (C=O) groups is 1. The van der Waals surface area contributed by atoms with Crippen LogP contribution in [-0.4, -0.2) is 54.6 Å². The molecule has 0 unspecified atom stereocenters. The number of carbonyl (C=O) groups excluding carboxylic acids is 1. The van der Waals surface area contributed by atoms with Crippen molar-refractivity contribution in [2.45, 2.75) is 20.3 Å². The van der Waals surface area contributed by atoms with E-state index in [1.165, 1.54) is 16.0 Å². The molecule has 0 aliphatic heterocycles. The van der Waals surface area contributed by atoms with Gasteiger partial charge in [-0.15, -0.1) is 0 Å². The number of hydrogen-bond acceptors (Lipinski definition) is 4. The third-order valence-corrected chi connectivity index (χ3v) is 6.82. The molecule has 0 spiro atoms. The molecule has 2 aromatic heterocycles. The molecule has 4 aromatic rings. The number of aryl methyl sites for hydroxylation is 1. The Morgan fingerprint density at radius 1 is 1.10 bits per heavy atom. The molecule has 7 heteroatoms. The minimum absolute atomic E-state index is 0.0341. The van der Waals surface area contributed by atoms with Gasteiger partial charge in [-0.25, -0.2) is 4.98 Å². The zero-order valence-corrected chi connectivity index (χ0v) is 23.7. The van der Waals surface area contributed by atoms with E-state index in [1.54, 1.807) is 26.2 Å². The summed E-state index contributed by atoms with van der Waals surface area (Å²) < 4.78 is 5.85. The SMILES string of the molecule is CC/C(=C(/c1ccc(OCCNC/C=C/C(=O)N(C)C)nc1)c1[nH]c2ccccc2c1Cl)c1cccc(C)c1. The van der Waals surface area contributed by atoms with Crippen LogP contribution in [0.2, 0.25) is 5.02 Å². The molecule has 0 saturated carbocycles. The second-order valence-electron chi connectivity index (χ2n) is 9.51. The Hall–Kier alpha value is -3.87. The molecule has 2 aromatic carbocycles. The number of aromatic amines is 1. The lowest BCUT2D eigenvalue weighted by molar-refractivity contribution is -0.123. The summed E-state index contributed by atoms with van der Waals surface area (Å²) in [6.07, 6.45) is 6.03. The van der Waals surface area contributed by atoms with Gasteiger partial charge in [0.15, 0.2) is 0 Å². The van der Waals surface area contributed by atoms with E-state index in [9.17, 15) is 4.79 Å². The summed E-state index contributed by atoms with van der Waals surface area (Å²) in [6, 6.07) is 20.6. The first-order chi connectivity index (χ1) is 18.9. The van der Waals surface area contributed by atoms with Crippen LogP contribution in [0.3, 0.4) is 0 Å². The van der Waals surface area contributed by atoms with Crippen molar-refractivity contribution >= 4 is 39.6 Å². The number of fused-ring (bicyclic) bond motifs is 1. The zero-order valence-electron chi connectivity index (χ0n) is 22.9. The van der Waals surface area contributed by atoms with E-state index in [0.717, 1.165) is 39.7 Å². The molecule has 2 N–H and O–H groups in total. The van der Waals surface area contributed by atoms with Crippen molar-refractivity contribution in [3.8, 4) is 5.88 Å². The van der Waals surface area contributed by atoms with Crippen LogP contribution in [-0.2, 0) is 4.79 Å². The maximum absolute atomic E-state index is 11.6. The molecule has 4 rings (SSSR count). The van der Waals surface area contributed by atoms with Gasteiger partial charge in [-0.1, -0.05) is 72.6 Å². The Morgan fingerprint density at radius 2 is 1.92 bits per heavy atom. The number of pyridine rings is 1. The van der Waals surface area contributed by atoms with Gasteiger partial charge in [-0.05, 0) is 36.6 Å². The Morgan fingerprint density at radius 3 is 2.62 bits per heavy atom. The second-order valence-corrected chi connectivity index (χ2v) is 9.89. The lowest BCUT2D eigenvalue weighted by atomic mass is 9.91. The van der Waals surface area contributed by atoms with E-state index in [2.05, 4.69) is 53.4 Å². The van der Waals surface area contributed by atoms with Crippen LogP contribution in [0.5, 0.6) is 5.88 Å². The number of amides is 1. The van der Waals surface area contributed by atoms with Crippen LogP contribution in [0.15, 0.2) is 79.0 Å². The van der Waals surface area contributed by atoms with Gasteiger partial charge in [0, 0.05) is 67.6 Å². The molecule has 2 heterocycles. The standard InChI is InChI=1S/C32H35ClN4O2/c1-5-25(23-11-8-10-22(2)20-23)30(32-31(33)26-12-6-7-13-27(26)36-32)24-15-16-28(35-21-24)39-19-18-34-17-9-14-29(38)37(3)4/h6-16,20-21,34,36H,5,17-19H2,1-4H3/b14-9+,30-25+. The third-order valence-electron chi connectivity index (χ3n) is 6.43. The van der Waals surface area contributed by atoms with Gasteiger partial charge in [0.2, 0.25) is 11.8 Å². The molecule has 0 aliphatic carbocycles. The van der Waals surface area contributed by atoms with Crippen LogP contribution in [0, 0.1) is 6.92 Å². The van der Waals surface area contributed by atoms with Crippen LogP contribution in [0.4, 0.5) is 0 Å². The fraction of sp³-hybridized carbons (Fsp3) is 0.250. The molecule has 0 atom stereocenters. The Bertz CT molecular complexity index is 1490. The number of aromatic nitrogens is 2. The highest BCUT2D eigenvalue weighted by Crippen LogP contribution is 2.40. The first kappa shape index (κ1) is 28.1. The molecule has 0 radical (unpaired) electrons. The van der Waals surface area contributed by atoms with Crippen LogP contribution in [0.25, 0.3) is 22.0 Å². The summed E-state index contributed by atoms with van der Waals surface area (Å²) in [5.41, 5.74) is 7.43. The summed E-state index contributed by atoms with van der Waals surface area (Å²) in [7, 11) is 3.46. The molecule has 0 aliphatic rings. The summed E-state index contributed by atoms with van der Waals surface area (Å²) in [5.74, 6) is 0.516. The molecule has 0 bridgehead atoms. The fourth-order valence-electron chi connectivity index (χ4n) is 4.44. The van der Waals surface area contributed by atoms with E-state index >= 15 is 0 Å². The van der Waals surface area contributed by atoms with Crippen LogP contribution >= 0.6 is 11.6 Å². The first-order valence-corrected chi connectivity index (χ1v) is 13.5. The van der Waals surface area contributed by atoms with Gasteiger partial charge < -0.3 is 19.9 Å². The maximum atomic E-state index is 11.6. The molecule has 0 saturated heterocycles. The highest BCUT2D eigenvalue weighted by atomic mass is 35.5. The Labute approximate surface area is 235 Å². The summed E-state index contributed by atoms with van der Waals surface area (Å²) in [6.45, 7) is 5.95. The van der Waals surface area contributed by atoms with E-state index in [0.29, 0.717) is 30.6 Å². The summed E-state index contributed by atoms with van der Waals surface area (Å²) in [5, 5.41) is 4.92. The molecule has 6 nitrogen and oxygen atoms in total. The van der Waals surface area contributed by atoms with Gasteiger partial charge in [0.05, 0.1) is 10.7 Å². The number of H-pyrrole nitrogens is 1. The first-order valence-electron chi connectivity index (χ1n) is 13.1. The van der Waals surface area contributed by atoms with E-state index < -0.39 is 0 Å². The van der Waals surface area contributed by atoms with Gasteiger partial charge >= 0.3 is 0 Å². The van der Waals surface area contributed by atoms with Gasteiger partial charge in [-0.3, -0.25) is 4.79 Å². The number of para-hydroxylation sites is 1. The number of ether oxygens (including phenoxy) is 1. The topological polar surface area (TPSA) is 70.2 Å². The third kappa shape index (κ3) is 6.96. The monoisotopic (exact) mass is 542 g/mol. The lowest BCUT2D eigenvalue weighted by Crippen LogP contribution is -2.22. The fourth-order valence-corrected chi connectivity index (χ4v) is 4.75. The highest BCUT2D eigenvalue weighted by molar-refractivity contribution is 6.38. The average molecular weight is 543 g/mol. The average Bonchev–Trinajstić information content (AvgIpc) is 3.27. The zero-order chi connectivity index (χ0) is 27.8. The van der Waals surface area contributed by atoms with Crippen molar-refractivity contribution in [1.82, 2.24) is 20.2 Å². The molecule has 0 fully saturated rings. The van der Waals surface area contributed by atoms with E-state index in [4.69, 9.17) is 16.3 Å². The second kappa shape index (κ2) is 13.3. The van der Waals surface area contributed by atoms with Gasteiger partial charge in [0.1, 0.15) is 6.61 Å². The Balaban J connectivity index is 1.57. The van der Waals surface area contributed by atoms with Crippen molar-refractivity contribution in [3.63, 3.8) is 0 Å². The highest BCUT2D eigenvalue weighted by Gasteiger charge is 2.20. The maximum Gasteiger partial charge on any atom is 0.245 e. The smallest absolute Gasteiger partial charge is 0.245 e.